The molecule has 124 heavy (non-hydrogen) atoms. The number of aromatic amines is 1. The Morgan fingerprint density at radius 2 is 0.855 bits per heavy atom. The monoisotopic (exact) mass is 1680 g/mol. The van der Waals surface area contributed by atoms with Crippen molar-refractivity contribution in [1.29, 1.82) is 21.0 Å². The molecule has 5 fully saturated rings. The molecule has 5 saturated heterocycles. The molecule has 0 saturated carbocycles. The molecule has 11 heterocycles. The summed E-state index contributed by atoms with van der Waals surface area (Å²) in [6.45, 7) is 11.9. The highest BCUT2D eigenvalue weighted by Gasteiger charge is 2.35. The molecule has 0 aliphatic carbocycles. The second kappa shape index (κ2) is 37.4. The number of piperazine rings is 4. The van der Waals surface area contributed by atoms with Crippen LogP contribution in [0.15, 0.2) is 219 Å². The van der Waals surface area contributed by atoms with Gasteiger partial charge in [0.25, 0.3) is 40.0 Å². The van der Waals surface area contributed by atoms with E-state index in [0.29, 0.717) is 151 Å². The van der Waals surface area contributed by atoms with Crippen LogP contribution in [0.2, 0.25) is 0 Å². The Hall–Kier alpha value is -14.9. The van der Waals surface area contributed by atoms with Crippen molar-refractivity contribution in [3.05, 3.63) is 308 Å². The number of aryl methyl sites for hydroxylation is 3. The van der Waals surface area contributed by atoms with Crippen molar-refractivity contribution in [2.24, 2.45) is 14.1 Å². The Balaban J connectivity index is 0.000000129. The van der Waals surface area contributed by atoms with Crippen LogP contribution in [0.5, 0.6) is 0 Å². The van der Waals surface area contributed by atoms with Gasteiger partial charge in [0.2, 0.25) is 5.91 Å². The number of nitriles is 4. The Morgan fingerprint density at radius 1 is 0.444 bits per heavy atom. The molecule has 13 aromatic rings. The van der Waals surface area contributed by atoms with E-state index in [1.807, 2.05) is 165 Å². The van der Waals surface area contributed by atoms with Crippen LogP contribution in [-0.4, -0.2) is 189 Å². The summed E-state index contributed by atoms with van der Waals surface area (Å²) < 4.78 is 32.9. The van der Waals surface area contributed by atoms with Gasteiger partial charge >= 0.3 is 0 Å². The summed E-state index contributed by atoms with van der Waals surface area (Å²) in [5.41, 5.74) is 8.50. The van der Waals surface area contributed by atoms with Gasteiger partial charge in [0, 0.05) is 146 Å². The summed E-state index contributed by atoms with van der Waals surface area (Å²) >= 11 is 1.44. The number of anilines is 4. The van der Waals surface area contributed by atoms with Crippen molar-refractivity contribution in [2.45, 2.75) is 38.9 Å². The smallest absolute Gasteiger partial charge is 0.272 e. The number of nitrogens with zero attached hydrogens (tertiary/aromatic N) is 17. The largest absolute Gasteiger partial charge is 0.366 e. The third-order valence-electron chi connectivity index (χ3n) is 23.4. The zero-order chi connectivity index (χ0) is 86.8. The minimum absolute atomic E-state index is 0.0355. The highest BCUT2D eigenvalue weighted by atomic mass is 32.1. The number of fused-ring (bicyclic) bond motifs is 4. The minimum Gasteiger partial charge on any atom is -0.366 e. The number of amides is 4. The SMILES string of the molecule is Cc1ccc2c(c1)c(N1CCN(C(=O)c3ccc(F)cc3)CC1)c(C#N)c(=O)n2Cc1ccc(F)cc1.Cn1c(=O)c(C#N)c(N2CCN(C(=O)C3CCCN3)CC2)c2ccccc21.Cn1c(=O)c(C#N)c(N2CCN(C(=O)c3cnc[nH]3)CC2)c2ccccc21.N#Cc1c(N2CCN(C(=O)c3cccs3)CC2)c2ccccc2n(Cc2ccccc2)c1=O. The number of halogens is 2. The molecule has 2 N–H and O–H groups in total. The van der Waals surface area contributed by atoms with Crippen molar-refractivity contribution >= 4 is 101 Å². The molecule has 18 rings (SSSR count). The van der Waals surface area contributed by atoms with Crippen LogP contribution in [0.1, 0.15) is 82.3 Å². The van der Waals surface area contributed by atoms with E-state index in [0.717, 1.165) is 79.0 Å². The zero-order valence-electron chi connectivity index (χ0n) is 68.5. The third-order valence-corrected chi connectivity index (χ3v) is 24.3. The van der Waals surface area contributed by atoms with Crippen LogP contribution < -0.4 is 47.2 Å². The molecular weight excluding hydrogens is 1590 g/mol. The summed E-state index contributed by atoms with van der Waals surface area (Å²) in [5, 5.41) is 47.9. The lowest BCUT2D eigenvalue weighted by atomic mass is 10.0. The number of pyridine rings is 4. The number of thiophene rings is 1. The van der Waals surface area contributed by atoms with E-state index in [9.17, 15) is 68.2 Å². The lowest BCUT2D eigenvalue weighted by Gasteiger charge is -2.38. The molecule has 30 heteroatoms. The number of para-hydroxylation sites is 3. The molecule has 626 valence electrons. The van der Waals surface area contributed by atoms with Gasteiger partial charge in [-0.25, -0.2) is 13.8 Å². The van der Waals surface area contributed by atoms with Crippen LogP contribution in [0.25, 0.3) is 43.6 Å². The standard InChI is InChI=1S/C29H24F2N4O2.C26H22N4O2S.C20H23N5O2.C19H18N6O2/c1-19-2-11-26-24(16-19)27(25(17-32)29(37)35(26)18-20-3-7-22(30)8-4-20)33-12-14-34(15-13-33)28(36)21-5-9-23(31)10-6-21;27-17-21-24(28-12-14-29(15-13-28)26(32)23-11-6-16-33-23)20-9-4-5-10-22(20)30(25(21)31)18-19-7-2-1-3-8-19;1-23-17-7-3-2-5-14(17)18(15(13-21)19(23)26)24-9-11-25(12-10-24)20(27)16-6-4-8-22-16;1-23-16-5-3-2-4-13(16)17(14(10-20)18(23)26)24-6-8-25(9-7-24)19(27)15-11-21-12-22-15/h2-11,16H,12-15,18H2,1H3;1-11,16H,12-15,18H2;2-3,5,7,16,22H,4,6,8-12H2,1H3;2-5,11-12H,6-9H2,1H3,(H,21,22). The highest BCUT2D eigenvalue weighted by Crippen LogP contribution is 2.36. The normalized spacial score (nSPS) is 15.2. The molecule has 4 amide bonds. The number of imidazole rings is 1. The average molecular weight is 1680 g/mol. The van der Waals surface area contributed by atoms with Crippen molar-refractivity contribution < 1.29 is 28.0 Å². The fourth-order valence-corrected chi connectivity index (χ4v) is 17.7. The quantitative estimate of drug-likeness (QED) is 0.115. The molecule has 0 bridgehead atoms. The topological polar surface area (TPSA) is 318 Å². The van der Waals surface area contributed by atoms with Gasteiger partial charge in [-0.3, -0.25) is 38.4 Å². The first-order valence-electron chi connectivity index (χ1n) is 40.9. The van der Waals surface area contributed by atoms with E-state index in [1.54, 1.807) is 45.2 Å². The van der Waals surface area contributed by atoms with Crippen molar-refractivity contribution in [1.82, 2.24) is 53.2 Å². The maximum Gasteiger partial charge on any atom is 0.272 e. The number of aromatic nitrogens is 6. The molecule has 6 aromatic heterocycles. The highest BCUT2D eigenvalue weighted by molar-refractivity contribution is 7.12. The Bertz CT molecular complexity index is 6650. The van der Waals surface area contributed by atoms with Crippen molar-refractivity contribution in [3.8, 4) is 24.3 Å². The van der Waals surface area contributed by atoms with Gasteiger partial charge in [0.05, 0.1) is 81.3 Å². The first-order valence-corrected chi connectivity index (χ1v) is 41.8. The number of hydrogen-bond acceptors (Lipinski definition) is 19. The molecule has 0 radical (unpaired) electrons. The van der Waals surface area contributed by atoms with Crippen LogP contribution in [-0.2, 0) is 32.0 Å². The molecule has 27 nitrogen and oxygen atoms in total. The third kappa shape index (κ3) is 17.3. The fourth-order valence-electron chi connectivity index (χ4n) is 17.0. The van der Waals surface area contributed by atoms with Gasteiger partial charge in [-0.15, -0.1) is 11.3 Å². The fraction of sp³-hybridized carbons (Fsp3) is 0.266. The molecule has 1 unspecified atom stereocenters. The van der Waals surface area contributed by atoms with E-state index >= 15 is 0 Å². The van der Waals surface area contributed by atoms with Crippen LogP contribution in [0.3, 0.4) is 0 Å². The van der Waals surface area contributed by atoms with Crippen molar-refractivity contribution in [2.75, 3.05) is 131 Å². The number of rotatable bonds is 12. The molecule has 7 aromatic carbocycles. The zero-order valence-corrected chi connectivity index (χ0v) is 69.3. The number of carbonyl (C=O) groups is 4. The Morgan fingerprint density at radius 3 is 1.31 bits per heavy atom. The van der Waals surface area contributed by atoms with Crippen molar-refractivity contribution in [3.63, 3.8) is 0 Å². The molecule has 0 spiro atoms. The van der Waals surface area contributed by atoms with Gasteiger partial charge in [-0.1, -0.05) is 115 Å². The van der Waals surface area contributed by atoms with Crippen LogP contribution >= 0.6 is 11.3 Å². The predicted molar refractivity (Wildman–Crippen MR) is 473 cm³/mol. The second-order valence-electron chi connectivity index (χ2n) is 30.8. The van der Waals surface area contributed by atoms with E-state index in [2.05, 4.69) is 49.4 Å². The number of carbonyl (C=O) groups excluding carboxylic acids is 4. The first-order chi connectivity index (χ1) is 60.2. The van der Waals surface area contributed by atoms with Gasteiger partial charge in [-0.05, 0) is 116 Å². The summed E-state index contributed by atoms with van der Waals surface area (Å²) in [6.07, 6.45) is 4.93. The Labute approximate surface area is 715 Å². The molecule has 5 aliphatic heterocycles. The lowest BCUT2D eigenvalue weighted by molar-refractivity contribution is -0.133. The summed E-state index contributed by atoms with van der Waals surface area (Å²) in [6, 6.07) is 62.1. The molecule has 5 aliphatic rings. The molecule has 1 atom stereocenters. The van der Waals surface area contributed by atoms with Crippen LogP contribution in [0, 0.1) is 63.9 Å². The van der Waals surface area contributed by atoms with Gasteiger partial charge in [0.1, 0.15) is 63.9 Å². The van der Waals surface area contributed by atoms with Gasteiger partial charge in [-0.2, -0.15) is 21.0 Å². The summed E-state index contributed by atoms with van der Waals surface area (Å²) in [5.74, 6) is -0.838. The van der Waals surface area contributed by atoms with Gasteiger partial charge in [0.15, 0.2) is 0 Å². The summed E-state index contributed by atoms with van der Waals surface area (Å²) in [7, 11) is 3.37. The van der Waals surface area contributed by atoms with E-state index in [4.69, 9.17) is 0 Å². The maximum atomic E-state index is 13.6. The predicted octanol–water partition coefficient (Wildman–Crippen LogP) is 10.3. The lowest BCUT2D eigenvalue weighted by Crippen LogP contribution is -2.53. The average Bonchev–Trinajstić information content (AvgIpc) is 0.789. The second-order valence-corrected chi connectivity index (χ2v) is 31.7. The van der Waals surface area contributed by atoms with E-state index in [-0.39, 0.29) is 81.0 Å². The van der Waals surface area contributed by atoms with Gasteiger partial charge < -0.3 is 67.8 Å². The summed E-state index contributed by atoms with van der Waals surface area (Å²) in [4.78, 5) is 126. The first kappa shape index (κ1) is 84.2. The van der Waals surface area contributed by atoms with E-state index < -0.39 is 11.4 Å². The number of hydrogen-bond donors (Lipinski definition) is 2. The van der Waals surface area contributed by atoms with E-state index in [1.165, 1.54) is 69.4 Å². The number of benzene rings is 7. The minimum atomic E-state index is -0.414. The van der Waals surface area contributed by atoms with Crippen LogP contribution in [0.4, 0.5) is 31.5 Å². The Kier molecular flexibility index (Phi) is 25.4. The maximum absolute atomic E-state index is 13.6. The number of nitrogens with one attached hydrogen (secondary N) is 2. The number of H-pyrrole nitrogens is 1. The molecular formula is C94H87F2N19O8S.